The topological polar surface area (TPSA) is 58.8 Å². The number of benzene rings is 3. The van der Waals surface area contributed by atoms with Gasteiger partial charge in [0, 0.05) is 11.8 Å². The Morgan fingerprint density at radius 2 is 1.62 bits per heavy atom. The van der Waals surface area contributed by atoms with Crippen LogP contribution in [0.1, 0.15) is 41.4 Å². The monoisotopic (exact) mass is 457 g/mol. The average Bonchev–Trinajstić information content (AvgIpc) is 2.86. The molecule has 172 valence electrons. The maximum atomic E-state index is 15.1. The molecule has 4 aromatic rings. The van der Waals surface area contributed by atoms with Crippen LogP contribution < -0.4 is 4.74 Å². The lowest BCUT2D eigenvalue weighted by molar-refractivity contribution is 0.314. The number of fused-ring (bicyclic) bond motifs is 1. The molecule has 0 aliphatic heterocycles. The van der Waals surface area contributed by atoms with Crippen LogP contribution in [0.2, 0.25) is 0 Å². The van der Waals surface area contributed by atoms with Gasteiger partial charge in [-0.3, -0.25) is 0 Å². The van der Waals surface area contributed by atoms with E-state index in [1.807, 2.05) is 37.3 Å². The van der Waals surface area contributed by atoms with E-state index in [9.17, 15) is 4.39 Å². The Labute approximate surface area is 197 Å². The lowest BCUT2D eigenvalue weighted by Crippen LogP contribution is -2.01. The molecule has 0 unspecified atom stereocenters. The Morgan fingerprint density at radius 1 is 0.882 bits per heavy atom. The molecule has 0 bridgehead atoms. The zero-order chi connectivity index (χ0) is 23.9. The van der Waals surface area contributed by atoms with E-state index in [1.165, 1.54) is 12.1 Å². The summed E-state index contributed by atoms with van der Waals surface area (Å²) in [6.07, 6.45) is 6.70. The summed E-state index contributed by atoms with van der Waals surface area (Å²) in [5.41, 5.74) is 2.42. The van der Waals surface area contributed by atoms with E-state index in [-0.39, 0.29) is 11.4 Å². The maximum absolute atomic E-state index is 15.1. The van der Waals surface area contributed by atoms with E-state index < -0.39 is 5.82 Å². The van der Waals surface area contributed by atoms with Crippen LogP contribution in [0, 0.1) is 23.0 Å². The van der Waals surface area contributed by atoms with Crippen molar-refractivity contribution in [3.05, 3.63) is 101 Å². The molecule has 0 radical (unpaired) electrons. The van der Waals surface area contributed by atoms with Gasteiger partial charge >= 0.3 is 0 Å². The Hall–Kier alpha value is -3.85. The Kier molecular flexibility index (Phi) is 7.44. The van der Waals surface area contributed by atoms with E-state index in [1.54, 1.807) is 24.5 Å². The number of hydrogen-bond donors (Lipinski definition) is 0. The minimum atomic E-state index is -0.544. The second-order valence-electron chi connectivity index (χ2n) is 8.20. The van der Waals surface area contributed by atoms with Crippen LogP contribution in [0.4, 0.5) is 8.78 Å². The highest BCUT2D eigenvalue weighted by Crippen LogP contribution is 2.24. The second kappa shape index (κ2) is 10.8. The molecule has 4 nitrogen and oxygen atoms in total. The third-order valence-electron chi connectivity index (χ3n) is 5.73. The molecule has 0 saturated heterocycles. The Balaban J connectivity index is 1.41. The van der Waals surface area contributed by atoms with Gasteiger partial charge in [0.1, 0.15) is 23.5 Å². The molecule has 0 aliphatic carbocycles. The van der Waals surface area contributed by atoms with Crippen molar-refractivity contribution in [1.29, 1.82) is 5.26 Å². The van der Waals surface area contributed by atoms with Crippen LogP contribution in [0.3, 0.4) is 0 Å². The van der Waals surface area contributed by atoms with Crippen LogP contribution in [0.15, 0.2) is 60.9 Å². The highest BCUT2D eigenvalue weighted by atomic mass is 19.1. The standard InChI is InChI=1S/C28H25F2N3O/c1-2-13-34-24-17-32-27(33-18-24)12-6-19-5-11-25-22(14-19)10-9-21(28(25)30)7-3-20-4-8-23(16-31)26(29)15-20/h4-5,8-11,14-15,17-18H,2-3,6-7,12-13H2,1H3. The van der Waals surface area contributed by atoms with Crippen LogP contribution in [0.5, 0.6) is 5.75 Å². The lowest BCUT2D eigenvalue weighted by Gasteiger charge is -2.09. The first-order valence-electron chi connectivity index (χ1n) is 11.4. The number of rotatable bonds is 9. The fraction of sp³-hybridized carbons (Fsp3) is 0.250. The van der Waals surface area contributed by atoms with Gasteiger partial charge in [0.05, 0.1) is 24.6 Å². The lowest BCUT2D eigenvalue weighted by atomic mass is 9.98. The summed E-state index contributed by atoms with van der Waals surface area (Å²) in [6.45, 7) is 2.69. The summed E-state index contributed by atoms with van der Waals surface area (Å²) < 4.78 is 34.5. The minimum Gasteiger partial charge on any atom is -0.490 e. The number of hydrogen-bond acceptors (Lipinski definition) is 4. The summed E-state index contributed by atoms with van der Waals surface area (Å²) in [6, 6.07) is 15.8. The quantitative estimate of drug-likeness (QED) is 0.303. The van der Waals surface area contributed by atoms with Crippen LogP contribution in [-0.4, -0.2) is 16.6 Å². The van der Waals surface area contributed by atoms with Crippen LogP contribution in [0.25, 0.3) is 10.8 Å². The molecule has 0 aliphatic rings. The molecule has 1 heterocycles. The van der Waals surface area contributed by atoms with E-state index in [0.29, 0.717) is 42.6 Å². The Bertz CT molecular complexity index is 1330. The number of aromatic nitrogens is 2. The first-order chi connectivity index (χ1) is 16.6. The van der Waals surface area contributed by atoms with Gasteiger partial charge < -0.3 is 4.74 Å². The van der Waals surface area contributed by atoms with Gasteiger partial charge in [-0.2, -0.15) is 5.26 Å². The highest BCUT2D eigenvalue weighted by Gasteiger charge is 2.10. The summed E-state index contributed by atoms with van der Waals surface area (Å²) >= 11 is 0. The largest absolute Gasteiger partial charge is 0.490 e. The third kappa shape index (κ3) is 5.55. The third-order valence-corrected chi connectivity index (χ3v) is 5.73. The molecule has 3 aromatic carbocycles. The van der Waals surface area contributed by atoms with Gasteiger partial charge in [0.15, 0.2) is 5.75 Å². The summed E-state index contributed by atoms with van der Waals surface area (Å²) in [5.74, 6) is 0.624. The maximum Gasteiger partial charge on any atom is 0.155 e. The number of nitrogens with zero attached hydrogens (tertiary/aromatic N) is 3. The number of halogens is 2. The smallest absolute Gasteiger partial charge is 0.155 e. The molecule has 6 heteroatoms. The molecule has 0 amide bonds. The van der Waals surface area contributed by atoms with Crippen molar-refractivity contribution < 1.29 is 13.5 Å². The van der Waals surface area contributed by atoms with Crippen molar-refractivity contribution >= 4 is 10.8 Å². The molecule has 34 heavy (non-hydrogen) atoms. The molecule has 0 N–H and O–H groups in total. The van der Waals surface area contributed by atoms with Gasteiger partial charge in [-0.1, -0.05) is 43.3 Å². The van der Waals surface area contributed by atoms with Gasteiger partial charge in [-0.05, 0) is 59.9 Å². The number of nitriles is 1. The van der Waals surface area contributed by atoms with Crippen LogP contribution in [-0.2, 0) is 25.7 Å². The van der Waals surface area contributed by atoms with Gasteiger partial charge in [-0.25, -0.2) is 18.7 Å². The van der Waals surface area contributed by atoms with E-state index >= 15 is 4.39 Å². The predicted molar refractivity (Wildman–Crippen MR) is 128 cm³/mol. The van der Waals surface area contributed by atoms with Crippen molar-refractivity contribution in [2.24, 2.45) is 0 Å². The fourth-order valence-corrected chi connectivity index (χ4v) is 3.84. The normalized spacial score (nSPS) is 10.9. The number of aryl methyl sites for hydroxylation is 4. The molecular weight excluding hydrogens is 432 g/mol. The molecule has 1 aromatic heterocycles. The van der Waals surface area contributed by atoms with Gasteiger partial charge in [0.25, 0.3) is 0 Å². The van der Waals surface area contributed by atoms with E-state index in [4.69, 9.17) is 10.00 Å². The first-order valence-corrected chi connectivity index (χ1v) is 11.4. The van der Waals surface area contributed by atoms with Gasteiger partial charge in [0.2, 0.25) is 0 Å². The van der Waals surface area contributed by atoms with Crippen LogP contribution >= 0.6 is 0 Å². The predicted octanol–water partition coefficient (Wildman–Crippen LogP) is 6.14. The zero-order valence-corrected chi connectivity index (χ0v) is 19.0. The van der Waals surface area contributed by atoms with Gasteiger partial charge in [-0.15, -0.1) is 0 Å². The zero-order valence-electron chi connectivity index (χ0n) is 19.0. The summed E-state index contributed by atoms with van der Waals surface area (Å²) in [5, 5.41) is 10.3. The van der Waals surface area contributed by atoms with Crippen molar-refractivity contribution in [2.45, 2.75) is 39.0 Å². The number of ether oxygens (including phenoxy) is 1. The van der Waals surface area contributed by atoms with Crippen molar-refractivity contribution in [3.8, 4) is 11.8 Å². The van der Waals surface area contributed by atoms with Crippen molar-refractivity contribution in [3.63, 3.8) is 0 Å². The first kappa shape index (κ1) is 23.3. The fourth-order valence-electron chi connectivity index (χ4n) is 3.84. The average molecular weight is 458 g/mol. The van der Waals surface area contributed by atoms with E-state index in [2.05, 4.69) is 9.97 Å². The van der Waals surface area contributed by atoms with Crippen molar-refractivity contribution in [2.75, 3.05) is 6.61 Å². The minimum absolute atomic E-state index is 0.0148. The SMILES string of the molecule is CCCOc1cnc(CCc2ccc3c(F)c(CCc4ccc(C#N)c(F)c4)ccc3c2)nc1. The van der Waals surface area contributed by atoms with Crippen molar-refractivity contribution in [1.82, 2.24) is 9.97 Å². The second-order valence-corrected chi connectivity index (χ2v) is 8.20. The summed E-state index contributed by atoms with van der Waals surface area (Å²) in [7, 11) is 0. The molecule has 0 saturated carbocycles. The molecule has 0 spiro atoms. The Morgan fingerprint density at radius 3 is 2.35 bits per heavy atom. The molecule has 4 rings (SSSR count). The molecule has 0 atom stereocenters. The molecule has 0 fully saturated rings. The molecular formula is C28H25F2N3O. The summed E-state index contributed by atoms with van der Waals surface area (Å²) in [4.78, 5) is 8.72. The van der Waals surface area contributed by atoms with E-state index in [0.717, 1.165) is 35.2 Å². The highest BCUT2D eigenvalue weighted by molar-refractivity contribution is 5.84.